The second-order valence-corrected chi connectivity index (χ2v) is 4.31. The highest BCUT2D eigenvalue weighted by atomic mass is 15.4. The molecule has 7 heteroatoms. The molecule has 0 aliphatic carbocycles. The van der Waals surface area contributed by atoms with E-state index >= 15 is 0 Å². The molecule has 7 nitrogen and oxygen atoms in total. The van der Waals surface area contributed by atoms with Crippen LogP contribution in [0.15, 0.2) is 30.6 Å². The normalized spacial score (nSPS) is 10.9. The monoisotopic (exact) mass is 257 g/mol. The van der Waals surface area contributed by atoms with Gasteiger partial charge in [0, 0.05) is 25.0 Å². The summed E-state index contributed by atoms with van der Waals surface area (Å²) in [6.07, 6.45) is 4.48. The molecular formula is C12H15N7. The Morgan fingerprint density at radius 1 is 1.37 bits per heavy atom. The summed E-state index contributed by atoms with van der Waals surface area (Å²) in [6, 6.07) is 5.63. The molecule has 98 valence electrons. The Kier molecular flexibility index (Phi) is 3.01. The standard InChI is InChI=1S/C12H15N7/c13-9-2-3-10-11(8-9)17-12(16-10)14-4-1-6-19-7-5-15-18-19/h2-3,5,7-8H,1,4,6,13H2,(H2,14,16,17). The minimum atomic E-state index is 0.730. The summed E-state index contributed by atoms with van der Waals surface area (Å²) in [7, 11) is 0. The number of anilines is 2. The van der Waals surface area contributed by atoms with E-state index < -0.39 is 0 Å². The van der Waals surface area contributed by atoms with Gasteiger partial charge in [-0.1, -0.05) is 5.21 Å². The molecule has 0 fully saturated rings. The molecule has 2 heterocycles. The molecule has 0 atom stereocenters. The van der Waals surface area contributed by atoms with Gasteiger partial charge in [-0.3, -0.25) is 4.68 Å². The fourth-order valence-electron chi connectivity index (χ4n) is 1.91. The summed E-state index contributed by atoms with van der Waals surface area (Å²) in [5.41, 5.74) is 8.31. The van der Waals surface area contributed by atoms with Gasteiger partial charge in [0.05, 0.1) is 17.2 Å². The smallest absolute Gasteiger partial charge is 0.201 e. The number of aromatic amines is 1. The third-order valence-corrected chi connectivity index (χ3v) is 2.83. The first-order valence-electron chi connectivity index (χ1n) is 6.14. The van der Waals surface area contributed by atoms with Crippen molar-refractivity contribution in [3.8, 4) is 0 Å². The van der Waals surface area contributed by atoms with Crippen molar-refractivity contribution in [3.63, 3.8) is 0 Å². The highest BCUT2D eigenvalue weighted by Gasteiger charge is 2.02. The number of benzene rings is 1. The second kappa shape index (κ2) is 4.97. The van der Waals surface area contributed by atoms with Crippen molar-refractivity contribution in [1.29, 1.82) is 0 Å². The Morgan fingerprint density at radius 2 is 2.32 bits per heavy atom. The van der Waals surface area contributed by atoms with Crippen LogP contribution in [0.4, 0.5) is 11.6 Å². The number of imidazole rings is 1. The number of nitrogens with zero attached hydrogens (tertiary/aromatic N) is 4. The number of nitrogens with one attached hydrogen (secondary N) is 2. The number of H-pyrrole nitrogens is 1. The highest BCUT2D eigenvalue weighted by molar-refractivity contribution is 5.80. The predicted octanol–water partition coefficient (Wildman–Crippen LogP) is 1.24. The van der Waals surface area contributed by atoms with Crippen molar-refractivity contribution in [2.75, 3.05) is 17.6 Å². The Balaban J connectivity index is 1.56. The number of nitrogens with two attached hydrogens (primary N) is 1. The summed E-state index contributed by atoms with van der Waals surface area (Å²) >= 11 is 0. The Morgan fingerprint density at radius 3 is 3.16 bits per heavy atom. The lowest BCUT2D eigenvalue weighted by Gasteiger charge is -2.02. The van der Waals surface area contributed by atoms with Crippen LogP contribution in [-0.2, 0) is 6.54 Å². The van der Waals surface area contributed by atoms with Crippen LogP contribution in [-0.4, -0.2) is 31.5 Å². The molecule has 0 unspecified atom stereocenters. The van der Waals surface area contributed by atoms with E-state index in [2.05, 4.69) is 25.6 Å². The van der Waals surface area contributed by atoms with Gasteiger partial charge >= 0.3 is 0 Å². The molecule has 0 saturated carbocycles. The molecule has 0 spiro atoms. The fraction of sp³-hybridized carbons (Fsp3) is 0.250. The molecule has 0 radical (unpaired) electrons. The summed E-state index contributed by atoms with van der Waals surface area (Å²) in [5, 5.41) is 10.9. The van der Waals surface area contributed by atoms with Crippen molar-refractivity contribution in [1.82, 2.24) is 25.0 Å². The molecule has 2 aromatic heterocycles. The summed E-state index contributed by atoms with van der Waals surface area (Å²) in [5.74, 6) is 0.763. The molecule has 1 aromatic carbocycles. The number of fused-ring (bicyclic) bond motifs is 1. The van der Waals surface area contributed by atoms with Crippen LogP contribution in [0, 0.1) is 0 Å². The van der Waals surface area contributed by atoms with Crippen LogP contribution in [0.2, 0.25) is 0 Å². The molecule has 4 N–H and O–H groups in total. The number of aromatic nitrogens is 5. The van der Waals surface area contributed by atoms with E-state index in [1.807, 2.05) is 24.4 Å². The first-order valence-corrected chi connectivity index (χ1v) is 6.14. The maximum atomic E-state index is 5.73. The molecule has 0 amide bonds. The van der Waals surface area contributed by atoms with Crippen LogP contribution in [0.5, 0.6) is 0 Å². The van der Waals surface area contributed by atoms with E-state index in [1.54, 1.807) is 10.9 Å². The lowest BCUT2D eigenvalue weighted by Crippen LogP contribution is -2.08. The SMILES string of the molecule is Nc1ccc2nc(NCCCn3ccnn3)[nH]c2c1. The van der Waals surface area contributed by atoms with Crippen molar-refractivity contribution < 1.29 is 0 Å². The average Bonchev–Trinajstić information content (AvgIpc) is 3.02. The minimum Gasteiger partial charge on any atom is -0.399 e. The van der Waals surface area contributed by atoms with Crippen LogP contribution in [0.1, 0.15) is 6.42 Å². The summed E-state index contributed by atoms with van der Waals surface area (Å²) < 4.78 is 1.81. The Labute approximate surface area is 109 Å². The van der Waals surface area contributed by atoms with Gasteiger partial charge in [0.15, 0.2) is 0 Å². The lowest BCUT2D eigenvalue weighted by atomic mass is 10.3. The molecule has 0 bridgehead atoms. The van der Waals surface area contributed by atoms with Crippen molar-refractivity contribution in [3.05, 3.63) is 30.6 Å². The minimum absolute atomic E-state index is 0.730. The Bertz CT molecular complexity index is 656. The number of aryl methyl sites for hydroxylation is 1. The summed E-state index contributed by atoms with van der Waals surface area (Å²) in [6.45, 7) is 1.65. The van der Waals surface area contributed by atoms with E-state index in [0.717, 1.165) is 42.2 Å². The third-order valence-electron chi connectivity index (χ3n) is 2.83. The number of nitrogen functional groups attached to an aromatic ring is 1. The number of hydrogen-bond acceptors (Lipinski definition) is 5. The quantitative estimate of drug-likeness (QED) is 0.472. The summed E-state index contributed by atoms with van der Waals surface area (Å²) in [4.78, 5) is 7.62. The van der Waals surface area contributed by atoms with E-state index in [9.17, 15) is 0 Å². The zero-order valence-electron chi connectivity index (χ0n) is 10.4. The number of rotatable bonds is 5. The lowest BCUT2D eigenvalue weighted by molar-refractivity contribution is 0.569. The topological polar surface area (TPSA) is 97.4 Å². The van der Waals surface area contributed by atoms with Crippen LogP contribution < -0.4 is 11.1 Å². The van der Waals surface area contributed by atoms with Crippen molar-refractivity contribution in [2.45, 2.75) is 13.0 Å². The van der Waals surface area contributed by atoms with Gasteiger partial charge in [0.2, 0.25) is 5.95 Å². The van der Waals surface area contributed by atoms with Gasteiger partial charge < -0.3 is 16.0 Å². The van der Waals surface area contributed by atoms with E-state index in [4.69, 9.17) is 5.73 Å². The van der Waals surface area contributed by atoms with Gasteiger partial charge in [-0.15, -0.1) is 5.10 Å². The largest absolute Gasteiger partial charge is 0.399 e. The fourth-order valence-corrected chi connectivity index (χ4v) is 1.91. The van der Waals surface area contributed by atoms with Crippen LogP contribution in [0.3, 0.4) is 0 Å². The molecule has 3 aromatic rings. The maximum Gasteiger partial charge on any atom is 0.201 e. The van der Waals surface area contributed by atoms with Crippen LogP contribution in [0.25, 0.3) is 11.0 Å². The molecular weight excluding hydrogens is 242 g/mol. The maximum absolute atomic E-state index is 5.73. The molecule has 19 heavy (non-hydrogen) atoms. The third kappa shape index (κ3) is 2.65. The molecule has 3 rings (SSSR count). The van der Waals surface area contributed by atoms with Gasteiger partial charge in [-0.25, -0.2) is 4.98 Å². The Hall–Kier alpha value is -2.57. The molecule has 0 aliphatic heterocycles. The van der Waals surface area contributed by atoms with E-state index in [-0.39, 0.29) is 0 Å². The first-order chi connectivity index (χ1) is 9.31. The first kappa shape index (κ1) is 11.5. The zero-order chi connectivity index (χ0) is 13.1. The number of hydrogen-bond donors (Lipinski definition) is 3. The molecule has 0 saturated heterocycles. The second-order valence-electron chi connectivity index (χ2n) is 4.31. The van der Waals surface area contributed by atoms with Gasteiger partial charge in [-0.2, -0.15) is 0 Å². The average molecular weight is 257 g/mol. The van der Waals surface area contributed by atoms with E-state index in [0.29, 0.717) is 0 Å². The van der Waals surface area contributed by atoms with Crippen molar-refractivity contribution in [2.24, 2.45) is 0 Å². The highest BCUT2D eigenvalue weighted by Crippen LogP contribution is 2.16. The van der Waals surface area contributed by atoms with Gasteiger partial charge in [0.25, 0.3) is 0 Å². The van der Waals surface area contributed by atoms with Gasteiger partial charge in [-0.05, 0) is 24.6 Å². The van der Waals surface area contributed by atoms with Crippen molar-refractivity contribution >= 4 is 22.7 Å². The zero-order valence-corrected chi connectivity index (χ0v) is 10.4. The molecule has 0 aliphatic rings. The van der Waals surface area contributed by atoms with Gasteiger partial charge in [0.1, 0.15) is 0 Å². The van der Waals surface area contributed by atoms with E-state index in [1.165, 1.54) is 0 Å². The predicted molar refractivity (Wildman–Crippen MR) is 73.6 cm³/mol. The van der Waals surface area contributed by atoms with Crippen LogP contribution >= 0.6 is 0 Å².